The number of aromatic nitrogens is 1. The molecule has 6 nitrogen and oxygen atoms in total. The number of nitrogens with one attached hydrogen (secondary N) is 1. The number of carbonyl (C=O) groups excluding carboxylic acids is 2. The maximum atomic E-state index is 12.6. The number of hydrogen-bond acceptors (Lipinski definition) is 6. The van der Waals surface area contributed by atoms with E-state index in [1.54, 1.807) is 30.4 Å². The first-order valence-electron chi connectivity index (χ1n) is 9.21. The highest BCUT2D eigenvalue weighted by Crippen LogP contribution is 2.45. The van der Waals surface area contributed by atoms with E-state index in [-0.39, 0.29) is 17.6 Å². The minimum atomic E-state index is -0.292. The van der Waals surface area contributed by atoms with Crippen molar-refractivity contribution in [3.8, 4) is 10.6 Å². The maximum absolute atomic E-state index is 12.6. The van der Waals surface area contributed by atoms with Gasteiger partial charge in [0.25, 0.3) is 5.91 Å². The van der Waals surface area contributed by atoms with Gasteiger partial charge in [0.15, 0.2) is 5.76 Å². The fourth-order valence-electron chi connectivity index (χ4n) is 3.54. The molecule has 4 heterocycles. The van der Waals surface area contributed by atoms with Crippen LogP contribution in [0.1, 0.15) is 27.9 Å². The van der Waals surface area contributed by atoms with E-state index in [4.69, 9.17) is 9.40 Å². The van der Waals surface area contributed by atoms with Crippen molar-refractivity contribution >= 4 is 49.7 Å². The zero-order valence-electron chi connectivity index (χ0n) is 15.6. The molecule has 8 heteroatoms. The molecule has 0 aliphatic carbocycles. The Morgan fingerprint density at radius 2 is 2.03 bits per heavy atom. The summed E-state index contributed by atoms with van der Waals surface area (Å²) < 4.78 is 6.34. The number of nitrogens with zero attached hydrogens (tertiary/aromatic N) is 2. The minimum absolute atomic E-state index is 0.0618. The van der Waals surface area contributed by atoms with Gasteiger partial charge < -0.3 is 14.6 Å². The molecule has 1 aromatic carbocycles. The van der Waals surface area contributed by atoms with Crippen molar-refractivity contribution in [2.24, 2.45) is 0 Å². The van der Waals surface area contributed by atoms with Gasteiger partial charge in [-0.1, -0.05) is 12.1 Å². The number of thiophene rings is 1. The maximum Gasteiger partial charge on any atom is 0.291 e. The predicted molar refractivity (Wildman–Crippen MR) is 114 cm³/mol. The van der Waals surface area contributed by atoms with Crippen molar-refractivity contribution in [2.75, 3.05) is 11.9 Å². The summed E-state index contributed by atoms with van der Waals surface area (Å²) in [6, 6.07) is 11.3. The van der Waals surface area contributed by atoms with E-state index < -0.39 is 0 Å². The number of carbonyl (C=O) groups is 2. The summed E-state index contributed by atoms with van der Waals surface area (Å²) >= 11 is 3.13. The molecule has 0 spiro atoms. The van der Waals surface area contributed by atoms with Crippen LogP contribution in [-0.2, 0) is 17.8 Å². The Morgan fingerprint density at radius 3 is 2.79 bits per heavy atom. The lowest BCUT2D eigenvalue weighted by Crippen LogP contribution is -2.33. The van der Waals surface area contributed by atoms with E-state index in [9.17, 15) is 9.59 Å². The van der Waals surface area contributed by atoms with Gasteiger partial charge in [-0.2, -0.15) is 0 Å². The van der Waals surface area contributed by atoms with Gasteiger partial charge in [-0.3, -0.25) is 9.59 Å². The molecule has 4 aromatic rings. The van der Waals surface area contributed by atoms with Crippen LogP contribution in [-0.4, -0.2) is 28.2 Å². The Kier molecular flexibility index (Phi) is 4.44. The highest BCUT2D eigenvalue weighted by atomic mass is 32.1. The van der Waals surface area contributed by atoms with Gasteiger partial charge in [-0.05, 0) is 36.2 Å². The number of thiazole rings is 1. The van der Waals surface area contributed by atoms with Gasteiger partial charge in [-0.25, -0.2) is 4.98 Å². The van der Waals surface area contributed by atoms with Crippen molar-refractivity contribution in [2.45, 2.75) is 19.9 Å². The number of amides is 2. The summed E-state index contributed by atoms with van der Waals surface area (Å²) in [5.41, 5.74) is 3.08. The van der Waals surface area contributed by atoms with Crippen LogP contribution >= 0.6 is 22.7 Å². The molecule has 1 aliphatic heterocycles. The third kappa shape index (κ3) is 3.24. The number of furan rings is 1. The van der Waals surface area contributed by atoms with E-state index in [1.165, 1.54) is 23.2 Å². The average Bonchev–Trinajstić information content (AvgIpc) is 3.44. The predicted octanol–water partition coefficient (Wildman–Crippen LogP) is 4.77. The smallest absolute Gasteiger partial charge is 0.291 e. The molecule has 0 bridgehead atoms. The Hall–Kier alpha value is -2.97. The average molecular weight is 424 g/mol. The van der Waals surface area contributed by atoms with Crippen molar-refractivity contribution in [3.63, 3.8) is 0 Å². The number of anilines is 1. The fourth-order valence-corrected chi connectivity index (χ4v) is 5.91. The molecule has 0 atom stereocenters. The van der Waals surface area contributed by atoms with Gasteiger partial charge in [0.2, 0.25) is 5.91 Å². The second-order valence-electron chi connectivity index (χ2n) is 6.82. The molecule has 0 unspecified atom stereocenters. The molecular weight excluding hydrogens is 406 g/mol. The number of fused-ring (bicyclic) bond motifs is 2. The monoisotopic (exact) mass is 423 g/mol. The lowest BCUT2D eigenvalue weighted by Gasteiger charge is -2.25. The van der Waals surface area contributed by atoms with E-state index in [0.29, 0.717) is 13.1 Å². The molecular formula is C21H17N3O3S2. The van der Waals surface area contributed by atoms with Gasteiger partial charge in [0.05, 0.1) is 23.0 Å². The zero-order chi connectivity index (χ0) is 20.0. The Morgan fingerprint density at radius 1 is 1.17 bits per heavy atom. The molecule has 5 rings (SSSR count). The van der Waals surface area contributed by atoms with Gasteiger partial charge in [0, 0.05) is 23.9 Å². The van der Waals surface area contributed by atoms with Gasteiger partial charge in [0.1, 0.15) is 10.0 Å². The second kappa shape index (κ2) is 7.13. The SMILES string of the molecule is CC(=O)N1CCc2c(sc(NC(=O)c3ccco3)c2-c2nc3ccccc3s2)C1. The quantitative estimate of drug-likeness (QED) is 0.515. The standard InChI is InChI=1S/C21H17N3O3S2/c1-12(25)24-9-8-13-17(11-24)29-21(23-19(26)15-6-4-10-27-15)18(13)20-22-14-5-2-3-7-16(14)28-20/h2-7,10H,8-9,11H2,1H3,(H,23,26). The van der Waals surface area contributed by atoms with Crippen LogP contribution in [0.15, 0.2) is 47.1 Å². The largest absolute Gasteiger partial charge is 0.459 e. The van der Waals surface area contributed by atoms with Crippen LogP contribution in [0.2, 0.25) is 0 Å². The number of benzene rings is 1. The van der Waals surface area contributed by atoms with Crippen molar-refractivity contribution in [3.05, 3.63) is 58.9 Å². The van der Waals surface area contributed by atoms with Crippen molar-refractivity contribution in [1.29, 1.82) is 0 Å². The summed E-state index contributed by atoms with van der Waals surface area (Å²) in [6.07, 6.45) is 2.22. The lowest BCUT2D eigenvalue weighted by molar-refractivity contribution is -0.129. The lowest BCUT2D eigenvalue weighted by atomic mass is 10.0. The van der Waals surface area contributed by atoms with E-state index in [2.05, 4.69) is 5.32 Å². The molecule has 0 saturated carbocycles. The first kappa shape index (κ1) is 18.1. The Labute approximate surface area is 174 Å². The first-order valence-corrected chi connectivity index (χ1v) is 10.8. The van der Waals surface area contributed by atoms with Gasteiger partial charge >= 0.3 is 0 Å². The number of hydrogen-bond donors (Lipinski definition) is 1. The van der Waals surface area contributed by atoms with Crippen LogP contribution in [0.25, 0.3) is 20.8 Å². The van der Waals surface area contributed by atoms with Gasteiger partial charge in [-0.15, -0.1) is 22.7 Å². The van der Waals surface area contributed by atoms with E-state index in [1.807, 2.05) is 29.2 Å². The van der Waals surface area contributed by atoms with Crippen LogP contribution in [0.5, 0.6) is 0 Å². The van der Waals surface area contributed by atoms with Crippen molar-refractivity contribution in [1.82, 2.24) is 9.88 Å². The first-order chi connectivity index (χ1) is 14.1. The Bertz CT molecular complexity index is 1190. The highest BCUT2D eigenvalue weighted by Gasteiger charge is 2.29. The molecule has 2 amide bonds. The molecule has 29 heavy (non-hydrogen) atoms. The second-order valence-corrected chi connectivity index (χ2v) is 8.95. The normalized spacial score (nSPS) is 13.5. The van der Waals surface area contributed by atoms with Crippen LogP contribution in [0.4, 0.5) is 5.00 Å². The highest BCUT2D eigenvalue weighted by molar-refractivity contribution is 7.23. The van der Waals surface area contributed by atoms with Crippen LogP contribution in [0.3, 0.4) is 0 Å². The summed E-state index contributed by atoms with van der Waals surface area (Å²) in [4.78, 5) is 32.2. The fraction of sp³-hybridized carbons (Fsp3) is 0.190. The van der Waals surface area contributed by atoms with E-state index in [0.717, 1.165) is 37.1 Å². The summed E-state index contributed by atoms with van der Waals surface area (Å²) in [5.74, 6) is 0.0307. The zero-order valence-corrected chi connectivity index (χ0v) is 17.2. The summed E-state index contributed by atoms with van der Waals surface area (Å²) in [7, 11) is 0. The van der Waals surface area contributed by atoms with Crippen LogP contribution < -0.4 is 5.32 Å². The van der Waals surface area contributed by atoms with Crippen LogP contribution in [0, 0.1) is 0 Å². The molecule has 146 valence electrons. The minimum Gasteiger partial charge on any atom is -0.459 e. The third-order valence-corrected chi connectivity index (χ3v) is 7.17. The third-order valence-electron chi connectivity index (χ3n) is 4.98. The summed E-state index contributed by atoms with van der Waals surface area (Å²) in [5, 5.41) is 4.64. The molecule has 1 N–H and O–H groups in total. The Balaban J connectivity index is 1.61. The molecule has 0 radical (unpaired) electrons. The molecule has 0 saturated heterocycles. The molecule has 3 aromatic heterocycles. The molecule has 1 aliphatic rings. The molecule has 0 fully saturated rings. The number of para-hydroxylation sites is 1. The topological polar surface area (TPSA) is 75.4 Å². The number of rotatable bonds is 3. The van der Waals surface area contributed by atoms with Crippen molar-refractivity contribution < 1.29 is 14.0 Å². The summed E-state index contributed by atoms with van der Waals surface area (Å²) in [6.45, 7) is 2.82. The van der Waals surface area contributed by atoms with E-state index >= 15 is 0 Å².